The summed E-state index contributed by atoms with van der Waals surface area (Å²) in [6, 6.07) is 0. The van der Waals surface area contributed by atoms with Crippen molar-refractivity contribution in [2.75, 3.05) is 0 Å². The zero-order chi connectivity index (χ0) is 4.12. The minimum atomic E-state index is 0.976. The second-order valence-corrected chi connectivity index (χ2v) is 0.281. The molecule has 0 aliphatic heterocycles. The molecule has 5 heavy (non-hydrogen) atoms. The summed E-state index contributed by atoms with van der Waals surface area (Å²) < 4.78 is 0. The van der Waals surface area contributed by atoms with Gasteiger partial charge in [-0.3, -0.25) is 0 Å². The van der Waals surface area contributed by atoms with E-state index in [-0.39, 0.29) is 0 Å². The summed E-state index contributed by atoms with van der Waals surface area (Å²) in [6.07, 6.45) is 0.976. The van der Waals surface area contributed by atoms with Crippen LogP contribution in [0.25, 0.3) is 0 Å². The fraction of sp³-hybridized carbons (Fsp3) is 0. The van der Waals surface area contributed by atoms with Gasteiger partial charge in [0.25, 0.3) is 0 Å². The zero-order valence-corrected chi connectivity index (χ0v) is 2.25. The van der Waals surface area contributed by atoms with Gasteiger partial charge in [-0.25, -0.2) is 0 Å². The summed E-state index contributed by atoms with van der Waals surface area (Å²) in [4.78, 5) is 11.2. The van der Waals surface area contributed by atoms with E-state index in [4.69, 9.17) is 10.0 Å². The lowest BCUT2D eigenvalue weighted by Crippen LogP contribution is -1.50. The fourth-order valence-corrected chi connectivity index (χ4v) is 0.0183. The van der Waals surface area contributed by atoms with E-state index < -0.39 is 0 Å². The summed E-state index contributed by atoms with van der Waals surface area (Å²) in [5.41, 5.74) is 0. The highest BCUT2D eigenvalue weighted by Gasteiger charge is 1.60. The highest BCUT2D eigenvalue weighted by molar-refractivity contribution is 5.22. The van der Waals surface area contributed by atoms with Gasteiger partial charge in [-0.05, 0) is 0 Å². The van der Waals surface area contributed by atoms with Gasteiger partial charge in [0.2, 0.25) is 4.79 Å². The molecule has 26 valence electrons. The van der Waals surface area contributed by atoms with Gasteiger partial charge in [0.1, 0.15) is 0 Å². The maximum Gasteiger partial charge on any atom is 0.613 e. The van der Waals surface area contributed by atoms with Crippen LogP contribution in [0.3, 0.4) is 0 Å². The lowest BCUT2D eigenvalue weighted by Gasteiger charge is -1.24. The Morgan fingerprint density at radius 3 is 2.60 bits per heavy atom. The van der Waals surface area contributed by atoms with Gasteiger partial charge in [-0.2, -0.15) is 0 Å². The Hall–Kier alpha value is -1.11. The molecule has 0 spiro atoms. The van der Waals surface area contributed by atoms with E-state index in [1.807, 2.05) is 0 Å². The summed E-state index contributed by atoms with van der Waals surface area (Å²) in [5, 5.41) is 9.32. The van der Waals surface area contributed by atoms with Crippen molar-refractivity contribution in [3.63, 3.8) is 0 Å². The molecule has 0 heterocycles. The van der Waals surface area contributed by atoms with Crippen molar-refractivity contribution in [3.8, 4) is 0 Å². The molecule has 0 aliphatic rings. The summed E-state index contributed by atoms with van der Waals surface area (Å²) in [5.74, 6) is 0. The molecule has 0 aromatic heterocycles. The minimum absolute atomic E-state index is 0.976. The Balaban J connectivity index is 3.75. The van der Waals surface area contributed by atoms with E-state index in [2.05, 4.69) is 10.1 Å². The SMILES string of the molecule is O=C=[N+]=NO. The smallest absolute Gasteiger partial charge is 0.349 e. The molecule has 0 unspecified atom stereocenters. The average molecular weight is 73.0 g/mol. The van der Waals surface area contributed by atoms with Crippen LogP contribution in [-0.4, -0.2) is 16.1 Å². The van der Waals surface area contributed by atoms with E-state index >= 15 is 0 Å². The van der Waals surface area contributed by atoms with Crippen LogP contribution in [0.5, 0.6) is 0 Å². The fourth-order valence-electron chi connectivity index (χ4n) is 0.0183. The van der Waals surface area contributed by atoms with E-state index in [1.165, 1.54) is 0 Å². The van der Waals surface area contributed by atoms with Crippen LogP contribution in [0, 0.1) is 0 Å². The topological polar surface area (TPSA) is 63.8 Å². The van der Waals surface area contributed by atoms with E-state index in [9.17, 15) is 0 Å². The molecule has 4 heteroatoms. The molecule has 0 atom stereocenters. The van der Waals surface area contributed by atoms with Crippen molar-refractivity contribution < 1.29 is 14.8 Å². The number of hydrogen-bond acceptors (Lipinski definition) is 2. The molecule has 0 saturated heterocycles. The molecule has 0 bridgehead atoms. The van der Waals surface area contributed by atoms with Crippen molar-refractivity contribution in [2.45, 2.75) is 0 Å². The third-order valence-electron chi connectivity index (χ3n) is 0.0855. The maximum atomic E-state index is 8.86. The summed E-state index contributed by atoms with van der Waals surface area (Å²) >= 11 is 0. The lowest BCUT2D eigenvalue weighted by molar-refractivity contribution is -0.164. The zero-order valence-electron chi connectivity index (χ0n) is 2.25. The normalized spacial score (nSPS) is 4.00. The van der Waals surface area contributed by atoms with Gasteiger partial charge < -0.3 is 5.21 Å². The molecule has 0 fully saturated rings. The third-order valence-corrected chi connectivity index (χ3v) is 0.0855. The molecule has 1 N–H and O–H groups in total. The number of hydrogen-bond donors (Lipinski definition) is 1. The second-order valence-electron chi connectivity index (χ2n) is 0.281. The number of carbonyl (C=O) groups excluding carboxylic acids is 1. The van der Waals surface area contributed by atoms with E-state index in [0.29, 0.717) is 0 Å². The molecule has 0 aromatic rings. The Morgan fingerprint density at radius 2 is 2.60 bits per heavy atom. The molecular formula is CHN2O2+. The number of isocyanates is 1. The van der Waals surface area contributed by atoms with Crippen LogP contribution >= 0.6 is 0 Å². The van der Waals surface area contributed by atoms with Crippen molar-refractivity contribution in [1.29, 1.82) is 0 Å². The monoisotopic (exact) mass is 73.0 g/mol. The van der Waals surface area contributed by atoms with Gasteiger partial charge >= 0.3 is 11.4 Å². The van der Waals surface area contributed by atoms with Crippen LogP contribution in [0.2, 0.25) is 0 Å². The van der Waals surface area contributed by atoms with Gasteiger partial charge in [-0.15, -0.1) is 4.79 Å². The first-order valence-electron chi connectivity index (χ1n) is 0.828. The highest BCUT2D eigenvalue weighted by atomic mass is 16.4. The van der Waals surface area contributed by atoms with Gasteiger partial charge in [-0.1, -0.05) is 0 Å². The summed E-state index contributed by atoms with van der Waals surface area (Å²) in [6.45, 7) is 0. The van der Waals surface area contributed by atoms with E-state index in [1.54, 1.807) is 0 Å². The van der Waals surface area contributed by atoms with Crippen molar-refractivity contribution in [2.24, 2.45) is 5.28 Å². The van der Waals surface area contributed by atoms with Crippen LogP contribution in [-0.2, 0) is 4.79 Å². The van der Waals surface area contributed by atoms with Crippen molar-refractivity contribution in [1.82, 2.24) is 0 Å². The average Bonchev–Trinajstić information content (AvgIpc) is 1.41. The van der Waals surface area contributed by atoms with Crippen molar-refractivity contribution >= 4 is 6.08 Å². The van der Waals surface area contributed by atoms with Crippen LogP contribution in [0.1, 0.15) is 0 Å². The Morgan fingerprint density at radius 1 is 2.00 bits per heavy atom. The third kappa shape index (κ3) is 2.89. The predicted molar refractivity (Wildman–Crippen MR) is 10.2 cm³/mol. The molecule has 0 radical (unpaired) electrons. The van der Waals surface area contributed by atoms with Crippen LogP contribution in [0.4, 0.5) is 0 Å². The molecule has 0 saturated carbocycles. The largest absolute Gasteiger partial charge is 0.613 e. The summed E-state index contributed by atoms with van der Waals surface area (Å²) in [7, 11) is 0. The lowest BCUT2D eigenvalue weighted by atomic mass is 11.7. The quantitative estimate of drug-likeness (QED) is 0.136. The Labute approximate surface area is 27.4 Å². The number of rotatable bonds is 0. The molecule has 0 aliphatic carbocycles. The maximum absolute atomic E-state index is 8.86. The minimum Gasteiger partial charge on any atom is -0.349 e. The van der Waals surface area contributed by atoms with Crippen LogP contribution in [0.15, 0.2) is 5.28 Å². The highest BCUT2D eigenvalue weighted by Crippen LogP contribution is 1.26. The second kappa shape index (κ2) is 2.89. The Kier molecular flexibility index (Phi) is 2.25. The van der Waals surface area contributed by atoms with Crippen molar-refractivity contribution in [3.05, 3.63) is 0 Å². The van der Waals surface area contributed by atoms with Gasteiger partial charge in [0.05, 0.1) is 0 Å². The molecule has 0 aromatic carbocycles. The molecule has 0 rings (SSSR count). The first-order chi connectivity index (χ1) is 2.41. The number of nitrogens with zero attached hydrogens (tertiary/aromatic N) is 2. The van der Waals surface area contributed by atoms with Gasteiger partial charge in [0, 0.05) is 0 Å². The molecule has 4 nitrogen and oxygen atoms in total. The Bertz CT molecular complexity index is 85.8. The molecule has 0 amide bonds. The van der Waals surface area contributed by atoms with Crippen LogP contribution < -0.4 is 0 Å². The molecular weight excluding hydrogens is 72.0 g/mol. The first-order valence-corrected chi connectivity index (χ1v) is 0.828. The predicted octanol–water partition coefficient (Wildman–Crippen LogP) is -0.628. The van der Waals surface area contributed by atoms with E-state index in [0.717, 1.165) is 6.08 Å². The van der Waals surface area contributed by atoms with Gasteiger partial charge in [0.15, 0.2) is 0 Å². The standard InChI is InChI=1S/CN2O2/c4-1-2-3-5/p+1. The first kappa shape index (κ1) is 3.89.